The number of hydrogen-bond donors (Lipinski definition) is 1. The summed E-state index contributed by atoms with van der Waals surface area (Å²) in [5.41, 5.74) is 2.72. The van der Waals surface area contributed by atoms with Gasteiger partial charge >= 0.3 is 0 Å². The first-order chi connectivity index (χ1) is 6.83. The van der Waals surface area contributed by atoms with E-state index in [1.165, 1.54) is 30.4 Å². The van der Waals surface area contributed by atoms with Crippen molar-refractivity contribution in [3.8, 4) is 0 Å². The smallest absolute Gasteiger partial charge is 0.0940 e. The SMILES string of the molecule is CCNC1CCCC1c1cocc1C. The summed E-state index contributed by atoms with van der Waals surface area (Å²) in [7, 11) is 0. The van der Waals surface area contributed by atoms with Crippen LogP contribution in [-0.2, 0) is 0 Å². The molecule has 1 saturated carbocycles. The molecule has 1 aromatic rings. The molecule has 2 unspecified atom stereocenters. The minimum Gasteiger partial charge on any atom is -0.472 e. The Bertz CT molecular complexity index is 292. The van der Waals surface area contributed by atoms with Crippen LogP contribution in [0.4, 0.5) is 0 Å². The maximum absolute atomic E-state index is 5.26. The average Bonchev–Trinajstić information content (AvgIpc) is 2.74. The van der Waals surface area contributed by atoms with Gasteiger partial charge in [0, 0.05) is 12.0 Å². The fraction of sp³-hybridized carbons (Fsp3) is 0.667. The highest BCUT2D eigenvalue weighted by molar-refractivity contribution is 5.26. The molecular weight excluding hydrogens is 174 g/mol. The second kappa shape index (κ2) is 4.18. The van der Waals surface area contributed by atoms with Gasteiger partial charge in [0.1, 0.15) is 0 Å². The first kappa shape index (κ1) is 9.78. The van der Waals surface area contributed by atoms with Crippen molar-refractivity contribution in [3.63, 3.8) is 0 Å². The zero-order valence-corrected chi connectivity index (χ0v) is 9.05. The topological polar surface area (TPSA) is 25.2 Å². The summed E-state index contributed by atoms with van der Waals surface area (Å²) in [5.74, 6) is 0.675. The number of furan rings is 1. The quantitative estimate of drug-likeness (QED) is 0.798. The summed E-state index contributed by atoms with van der Waals surface area (Å²) >= 11 is 0. The Morgan fingerprint density at radius 3 is 2.93 bits per heavy atom. The van der Waals surface area contributed by atoms with Crippen LogP contribution in [0.25, 0.3) is 0 Å². The van der Waals surface area contributed by atoms with Crippen molar-refractivity contribution < 1.29 is 4.42 Å². The number of hydrogen-bond acceptors (Lipinski definition) is 2. The zero-order chi connectivity index (χ0) is 9.97. The second-order valence-corrected chi connectivity index (χ2v) is 4.21. The van der Waals surface area contributed by atoms with E-state index < -0.39 is 0 Å². The van der Waals surface area contributed by atoms with E-state index in [4.69, 9.17) is 4.42 Å². The molecule has 0 aromatic carbocycles. The third kappa shape index (κ3) is 1.71. The predicted molar refractivity (Wildman–Crippen MR) is 57.5 cm³/mol. The Kier molecular flexibility index (Phi) is 2.92. The fourth-order valence-electron chi connectivity index (χ4n) is 2.59. The van der Waals surface area contributed by atoms with Crippen LogP contribution in [0.3, 0.4) is 0 Å². The van der Waals surface area contributed by atoms with Gasteiger partial charge in [0.15, 0.2) is 0 Å². The average molecular weight is 193 g/mol. The van der Waals surface area contributed by atoms with Gasteiger partial charge in [-0.3, -0.25) is 0 Å². The van der Waals surface area contributed by atoms with Gasteiger partial charge in [-0.15, -0.1) is 0 Å². The lowest BCUT2D eigenvalue weighted by Gasteiger charge is -2.19. The largest absolute Gasteiger partial charge is 0.472 e. The molecule has 0 aliphatic heterocycles. The molecule has 1 aliphatic rings. The lowest BCUT2D eigenvalue weighted by Crippen LogP contribution is -2.30. The summed E-state index contributed by atoms with van der Waals surface area (Å²) in [4.78, 5) is 0. The maximum Gasteiger partial charge on any atom is 0.0940 e. The molecular formula is C12H19NO. The molecule has 2 atom stereocenters. The second-order valence-electron chi connectivity index (χ2n) is 4.21. The molecule has 2 nitrogen and oxygen atoms in total. The molecule has 1 heterocycles. The molecule has 14 heavy (non-hydrogen) atoms. The Labute approximate surface area is 85.7 Å². The zero-order valence-electron chi connectivity index (χ0n) is 9.05. The molecule has 0 amide bonds. The summed E-state index contributed by atoms with van der Waals surface area (Å²) in [6, 6.07) is 0.663. The van der Waals surface area contributed by atoms with Gasteiger partial charge in [-0.05, 0) is 37.4 Å². The normalized spacial score (nSPS) is 27.0. The minimum absolute atomic E-state index is 0.663. The molecule has 1 aliphatic carbocycles. The van der Waals surface area contributed by atoms with Crippen molar-refractivity contribution in [2.75, 3.05) is 6.54 Å². The number of likely N-dealkylation sites (N-methyl/N-ethyl adjacent to an activating group) is 1. The third-order valence-corrected chi connectivity index (χ3v) is 3.28. The van der Waals surface area contributed by atoms with Crippen LogP contribution in [0, 0.1) is 6.92 Å². The van der Waals surface area contributed by atoms with Crippen LogP contribution in [0.15, 0.2) is 16.9 Å². The van der Waals surface area contributed by atoms with Gasteiger partial charge in [-0.1, -0.05) is 13.3 Å². The summed E-state index contributed by atoms with van der Waals surface area (Å²) in [5, 5.41) is 3.57. The number of rotatable bonds is 3. The van der Waals surface area contributed by atoms with Crippen LogP contribution in [-0.4, -0.2) is 12.6 Å². The lowest BCUT2D eigenvalue weighted by atomic mass is 9.94. The van der Waals surface area contributed by atoms with Crippen LogP contribution >= 0.6 is 0 Å². The molecule has 0 radical (unpaired) electrons. The highest BCUT2D eigenvalue weighted by Gasteiger charge is 2.29. The molecule has 2 rings (SSSR count). The highest BCUT2D eigenvalue weighted by Crippen LogP contribution is 2.36. The van der Waals surface area contributed by atoms with Crippen molar-refractivity contribution in [2.24, 2.45) is 0 Å². The Morgan fingerprint density at radius 1 is 1.43 bits per heavy atom. The van der Waals surface area contributed by atoms with E-state index in [9.17, 15) is 0 Å². The van der Waals surface area contributed by atoms with Gasteiger partial charge in [0.2, 0.25) is 0 Å². The van der Waals surface area contributed by atoms with Crippen molar-refractivity contribution in [3.05, 3.63) is 23.7 Å². The third-order valence-electron chi connectivity index (χ3n) is 3.28. The molecule has 0 saturated heterocycles. The van der Waals surface area contributed by atoms with Gasteiger partial charge in [-0.2, -0.15) is 0 Å². The van der Waals surface area contributed by atoms with E-state index in [-0.39, 0.29) is 0 Å². The van der Waals surface area contributed by atoms with Gasteiger partial charge < -0.3 is 9.73 Å². The predicted octanol–water partition coefficient (Wildman–Crippen LogP) is 2.83. The fourth-order valence-corrected chi connectivity index (χ4v) is 2.59. The van der Waals surface area contributed by atoms with Crippen molar-refractivity contribution in [1.29, 1.82) is 0 Å². The van der Waals surface area contributed by atoms with E-state index in [1.54, 1.807) is 0 Å². The van der Waals surface area contributed by atoms with E-state index in [0.29, 0.717) is 12.0 Å². The van der Waals surface area contributed by atoms with E-state index in [2.05, 4.69) is 19.2 Å². The lowest BCUT2D eigenvalue weighted by molar-refractivity contribution is 0.485. The van der Waals surface area contributed by atoms with Gasteiger partial charge in [0.05, 0.1) is 12.5 Å². The van der Waals surface area contributed by atoms with Crippen molar-refractivity contribution in [1.82, 2.24) is 5.32 Å². The molecule has 0 bridgehead atoms. The van der Waals surface area contributed by atoms with E-state index >= 15 is 0 Å². The molecule has 2 heteroatoms. The number of aryl methyl sites for hydroxylation is 1. The van der Waals surface area contributed by atoms with Gasteiger partial charge in [0.25, 0.3) is 0 Å². The van der Waals surface area contributed by atoms with E-state index in [1.807, 2.05) is 12.5 Å². The first-order valence-corrected chi connectivity index (χ1v) is 5.59. The number of nitrogens with one attached hydrogen (secondary N) is 1. The van der Waals surface area contributed by atoms with Crippen LogP contribution in [0.5, 0.6) is 0 Å². The summed E-state index contributed by atoms with van der Waals surface area (Å²) in [6.07, 6.45) is 7.74. The highest BCUT2D eigenvalue weighted by atomic mass is 16.3. The standard InChI is InChI=1S/C12H19NO/c1-3-13-12-6-4-5-10(12)11-8-14-7-9(11)2/h7-8,10,12-13H,3-6H2,1-2H3. The summed E-state index contributed by atoms with van der Waals surface area (Å²) in [6.45, 7) is 5.38. The molecule has 0 spiro atoms. The maximum atomic E-state index is 5.26. The molecule has 1 fully saturated rings. The van der Waals surface area contributed by atoms with Crippen LogP contribution in [0.2, 0.25) is 0 Å². The summed E-state index contributed by atoms with van der Waals surface area (Å²) < 4.78 is 5.26. The van der Waals surface area contributed by atoms with Crippen molar-refractivity contribution >= 4 is 0 Å². The first-order valence-electron chi connectivity index (χ1n) is 5.59. The Morgan fingerprint density at radius 2 is 2.29 bits per heavy atom. The van der Waals surface area contributed by atoms with Crippen LogP contribution < -0.4 is 5.32 Å². The Hall–Kier alpha value is -0.760. The Balaban J connectivity index is 2.13. The molecule has 1 aromatic heterocycles. The van der Waals surface area contributed by atoms with Crippen molar-refractivity contribution in [2.45, 2.75) is 45.1 Å². The molecule has 1 N–H and O–H groups in total. The van der Waals surface area contributed by atoms with Crippen LogP contribution in [0.1, 0.15) is 43.2 Å². The monoisotopic (exact) mass is 193 g/mol. The minimum atomic E-state index is 0.663. The molecule has 78 valence electrons. The van der Waals surface area contributed by atoms with Gasteiger partial charge in [-0.25, -0.2) is 0 Å². The van der Waals surface area contributed by atoms with E-state index in [0.717, 1.165) is 6.54 Å².